The minimum Gasteiger partial charge on any atom is -0.355 e. The van der Waals surface area contributed by atoms with Gasteiger partial charge in [0.05, 0.1) is 39.1 Å². The van der Waals surface area contributed by atoms with Crippen molar-refractivity contribution in [1.29, 1.82) is 0 Å². The van der Waals surface area contributed by atoms with Crippen molar-refractivity contribution in [2.24, 2.45) is 4.30 Å². The van der Waals surface area contributed by atoms with Gasteiger partial charge in [0.2, 0.25) is 0 Å². The first-order chi connectivity index (χ1) is 59.3. The fourth-order valence-electron chi connectivity index (χ4n) is 13.3. The predicted octanol–water partition coefficient (Wildman–Crippen LogP) is 27.9. The molecule has 3 N–H and O–H groups in total. The van der Waals surface area contributed by atoms with E-state index in [2.05, 4.69) is 312 Å². The number of aryl methyl sites for hydroxylation is 5. The molecule has 4 radical (unpaired) electrons. The largest absolute Gasteiger partial charge is 0.355 e. The van der Waals surface area contributed by atoms with Crippen LogP contribution in [0.5, 0.6) is 0 Å². The van der Waals surface area contributed by atoms with E-state index in [1.807, 2.05) is 57.2 Å². The summed E-state index contributed by atoms with van der Waals surface area (Å²) in [6, 6.07) is 92.3. The zero-order valence-corrected chi connectivity index (χ0v) is 74.4. The zero-order valence-electron chi connectivity index (χ0n) is 67.1. The number of aromatic nitrogens is 7. The Balaban J connectivity index is 0.000000168. The second-order valence-electron chi connectivity index (χ2n) is 27.7. The van der Waals surface area contributed by atoms with Crippen molar-refractivity contribution in [3.05, 3.63) is 422 Å². The molecule has 0 saturated heterocycles. The first kappa shape index (κ1) is 97.1. The summed E-state index contributed by atoms with van der Waals surface area (Å²) in [7, 11) is 2.44. The number of hydrogen-bond acceptors (Lipinski definition) is 8. The SMILES string of the molecule is C.Cc1cc(-n2c3ccccc3c3ccccc32)cc(-n2c3ccccc3c3ccccc32)c1.Cc1cc(Br)cc(Br)c1.Cc1ccnc(-c2ccc(F)cc2F)c1.Cc1ccnc(-c2ccc(F)cc2F)c1.Cc1ccnc(Br)c1.Fc1ccc(-c2cc(CBr)ccn2)c(F)c1.OB(O)c1ccc(F)cc1F.[B].[B]=NS.c1ccc2c(c1)[nH]c1ccccc12. The Morgan fingerprint density at radius 1 is 0.368 bits per heavy atom. The van der Waals surface area contributed by atoms with Crippen LogP contribution < -0.4 is 5.46 Å². The molecule has 19 rings (SSSR count). The number of H-pyrrole nitrogens is 1. The van der Waals surface area contributed by atoms with E-state index in [1.165, 1.54) is 130 Å². The summed E-state index contributed by atoms with van der Waals surface area (Å²) in [4.78, 5) is 19.5. The van der Waals surface area contributed by atoms with Gasteiger partial charge in [-0.05, 0) is 248 Å². The van der Waals surface area contributed by atoms with Crippen molar-refractivity contribution in [3.8, 4) is 45.1 Å². The molecule has 26 heteroatoms. The maximum Gasteiger partial charge on any atom is 0.0464 e. The van der Waals surface area contributed by atoms with E-state index in [9.17, 15) is 35.1 Å². The Hall–Kier alpha value is -11.7. The second-order valence-corrected chi connectivity index (χ2v) is 31.2. The van der Waals surface area contributed by atoms with E-state index in [0.29, 0.717) is 45.2 Å². The summed E-state index contributed by atoms with van der Waals surface area (Å²) in [6.07, 6.45) is 6.59. The number of nitrogens with zero attached hydrogens (tertiary/aromatic N) is 7. The van der Waals surface area contributed by atoms with Gasteiger partial charge in [-0.25, -0.2) is 40.1 Å². The van der Waals surface area contributed by atoms with Gasteiger partial charge in [-0.15, -0.1) is 0 Å². The number of benzene rings is 12. The number of fused-ring (bicyclic) bond motifs is 9. The van der Waals surface area contributed by atoms with Crippen molar-refractivity contribution < 1.29 is 45.2 Å². The fourth-order valence-corrected chi connectivity index (χ4v) is 15.6. The average molecular weight is 1950 g/mol. The third-order valence-electron chi connectivity index (χ3n) is 18.7. The van der Waals surface area contributed by atoms with E-state index in [0.717, 1.165) is 60.6 Å². The van der Waals surface area contributed by atoms with Crippen LogP contribution in [0.1, 0.15) is 40.8 Å². The van der Waals surface area contributed by atoms with Crippen molar-refractivity contribution in [2.45, 2.75) is 47.4 Å². The second kappa shape index (κ2) is 46.8. The standard InChI is InChI=1S/C31H22N2.C12H8BrF2N.2C12H9F2N.C12H9N.C7H6Br2.C6H5BF2O2.C6H6BrN.CH4.BHNS.B/c1-21-18-22(32-28-14-6-2-10-24(28)25-11-3-7-15-29(25)32)20-23(19-21)33-30-16-8-4-12-26(30)27-13-5-9-17-31(27)33;13-7-8-3-4-16-12(5-8)10-2-1-9(14)6-11(10)15;2*1-8-4-5-15-12(6-8)10-3-2-9(13)7-11(10)14;1-3-7-11-9(5-1)10-6-2-4-8-12(10)13-11;1-5-2-6(8)4-7(9)3-5;8-4-1-2-5(7(10)11)6(9)3-4;1-5-2-3-8-6(7)4-5;;1-2-3;/h2-20H,1H3;1-6H,7H2;2*2-7H,1H3;1-8,13H;2-4H,1H3;1-3,10-11H;2-4H,1H3;1H4;3H;. The first-order valence-corrected chi connectivity index (χ1v) is 41.8. The van der Waals surface area contributed by atoms with Crippen molar-refractivity contribution in [1.82, 2.24) is 34.1 Å². The minimum absolute atomic E-state index is 0. The van der Waals surface area contributed by atoms with Gasteiger partial charge in [0.25, 0.3) is 0 Å². The average Bonchev–Trinajstić information content (AvgIpc) is 1.59. The Morgan fingerprint density at radius 2 is 0.688 bits per heavy atom. The van der Waals surface area contributed by atoms with Gasteiger partial charge in [0.15, 0.2) is 0 Å². The Bertz CT molecular complexity index is 6440. The van der Waals surface area contributed by atoms with E-state index < -0.39 is 53.7 Å². The molecule has 0 bridgehead atoms. The number of halogens is 12. The molecule has 7 heterocycles. The summed E-state index contributed by atoms with van der Waals surface area (Å²) >= 11 is 16.5. The Morgan fingerprint density at radius 3 is 1.02 bits per heavy atom. The van der Waals surface area contributed by atoms with Crippen molar-refractivity contribution in [2.75, 3.05) is 0 Å². The van der Waals surface area contributed by atoms with Crippen LogP contribution in [0, 0.1) is 81.2 Å². The number of rotatable bonds is 7. The van der Waals surface area contributed by atoms with Gasteiger partial charge in [-0.3, -0.25) is 15.0 Å². The van der Waals surface area contributed by atoms with Crippen LogP contribution in [0.15, 0.2) is 346 Å². The van der Waals surface area contributed by atoms with Gasteiger partial charge < -0.3 is 24.2 Å². The van der Waals surface area contributed by atoms with Crippen LogP contribution in [0.3, 0.4) is 0 Å². The number of pyridine rings is 4. The van der Waals surface area contributed by atoms with Gasteiger partial charge >= 0.3 is 31.9 Å². The van der Waals surface area contributed by atoms with Crippen LogP contribution in [0.2, 0.25) is 0 Å². The normalized spacial score (nSPS) is 10.3. The molecular formula is C99H79B3Br4F8N8O2S. The van der Waals surface area contributed by atoms with Gasteiger partial charge in [-0.1, -0.05) is 170 Å². The molecule has 626 valence electrons. The molecule has 0 spiro atoms. The maximum atomic E-state index is 13.5. The predicted molar refractivity (Wildman–Crippen MR) is 516 cm³/mol. The summed E-state index contributed by atoms with van der Waals surface area (Å²) in [5, 5.41) is 25.4. The summed E-state index contributed by atoms with van der Waals surface area (Å²) in [5.74, 6) is -5.22. The number of alkyl halides is 1. The molecule has 12 aromatic carbocycles. The van der Waals surface area contributed by atoms with Crippen LogP contribution in [0.25, 0.3) is 111 Å². The van der Waals surface area contributed by atoms with Gasteiger partial charge in [0.1, 0.15) is 51.1 Å². The number of hydrogen-bond donors (Lipinski definition) is 4. The van der Waals surface area contributed by atoms with E-state index in [1.54, 1.807) is 43.0 Å². The molecule has 0 aliphatic carbocycles. The van der Waals surface area contributed by atoms with Gasteiger partial charge in [0, 0.05) is 149 Å². The van der Waals surface area contributed by atoms with E-state index in [-0.39, 0.29) is 21.3 Å². The number of nitrogens with one attached hydrogen (secondary N) is 1. The smallest absolute Gasteiger partial charge is 0.0464 e. The molecule has 19 aromatic rings. The Labute approximate surface area is 762 Å². The molecular weight excluding hydrogens is 1870 g/mol. The van der Waals surface area contributed by atoms with E-state index in [4.69, 9.17) is 10.0 Å². The molecule has 7 aromatic heterocycles. The van der Waals surface area contributed by atoms with E-state index >= 15 is 0 Å². The third-order valence-corrected chi connectivity index (χ3v) is 20.7. The molecule has 0 aliphatic heterocycles. The van der Waals surface area contributed by atoms with Crippen LogP contribution >= 0.6 is 76.5 Å². The topological polar surface area (TPSA) is 130 Å². The zero-order chi connectivity index (χ0) is 87.8. The first-order valence-electron chi connectivity index (χ1n) is 37.9. The summed E-state index contributed by atoms with van der Waals surface area (Å²) in [5.41, 5.74) is 18.6. The number of aromatic amines is 1. The molecule has 10 nitrogen and oxygen atoms in total. The maximum absolute atomic E-state index is 13.5. The molecule has 0 saturated carbocycles. The third kappa shape index (κ3) is 26.2. The monoisotopic (exact) mass is 1940 g/mol. The number of thiol groups is 1. The molecule has 0 unspecified atom stereocenters. The quantitative estimate of drug-likeness (QED) is 0.0413. The van der Waals surface area contributed by atoms with Crippen molar-refractivity contribution >= 4 is 171 Å². The summed E-state index contributed by atoms with van der Waals surface area (Å²) < 4.78 is 114. The molecule has 0 atom stereocenters. The van der Waals surface area contributed by atoms with Crippen LogP contribution in [0.4, 0.5) is 35.1 Å². The molecule has 125 heavy (non-hydrogen) atoms. The minimum atomic E-state index is -1.89. The molecule has 0 amide bonds. The fraction of sp³-hybridized carbons (Fsp3) is 0.0707. The Kier molecular flexibility index (Phi) is 36.4. The summed E-state index contributed by atoms with van der Waals surface area (Å²) in [6.45, 7) is 10.1. The number of para-hydroxylation sites is 6. The van der Waals surface area contributed by atoms with Crippen molar-refractivity contribution in [3.63, 3.8) is 0 Å². The van der Waals surface area contributed by atoms with Crippen LogP contribution in [-0.4, -0.2) is 67.3 Å². The van der Waals surface area contributed by atoms with Gasteiger partial charge in [-0.2, -0.15) is 0 Å². The van der Waals surface area contributed by atoms with Crippen LogP contribution in [-0.2, 0) is 5.33 Å². The molecule has 0 aliphatic rings. The molecule has 0 fully saturated rings.